The number of carbonyl (C=O) groups excluding carboxylic acids is 1. The molecule has 0 saturated heterocycles. The van der Waals surface area contributed by atoms with E-state index in [4.69, 9.17) is 0 Å². The Kier molecular flexibility index (Phi) is 4.29. The van der Waals surface area contributed by atoms with Crippen LogP contribution in [0.3, 0.4) is 0 Å². The summed E-state index contributed by atoms with van der Waals surface area (Å²) in [7, 11) is 0. The molecular weight excluding hydrogens is 278 g/mol. The van der Waals surface area contributed by atoms with Crippen LogP contribution >= 0.6 is 11.8 Å². The van der Waals surface area contributed by atoms with Crippen LogP contribution in [-0.4, -0.2) is 31.1 Å². The highest BCUT2D eigenvalue weighted by Gasteiger charge is 2.16. The Labute approximate surface area is 120 Å². The number of nitrogens with zero attached hydrogens (tertiary/aromatic N) is 3. The average molecular weight is 292 g/mol. The minimum absolute atomic E-state index is 0.177. The van der Waals surface area contributed by atoms with Crippen molar-refractivity contribution in [3.8, 4) is 17.1 Å². The second-order valence-electron chi connectivity index (χ2n) is 4.18. The second-order valence-corrected chi connectivity index (χ2v) is 5.48. The minimum atomic E-state index is -1.13. The van der Waals surface area contributed by atoms with E-state index in [1.165, 1.54) is 0 Å². The van der Waals surface area contributed by atoms with Crippen LogP contribution < -0.4 is 5.11 Å². The molecule has 6 nitrogen and oxygen atoms in total. The van der Waals surface area contributed by atoms with E-state index in [0.29, 0.717) is 17.5 Å². The number of thioether (sulfide) groups is 1. The zero-order valence-electron chi connectivity index (χ0n) is 11.1. The van der Waals surface area contributed by atoms with Crippen LogP contribution in [0.5, 0.6) is 5.75 Å². The first-order valence-corrected chi connectivity index (χ1v) is 7.01. The average Bonchev–Trinajstić information content (AvgIpc) is 2.82. The zero-order chi connectivity index (χ0) is 14.7. The van der Waals surface area contributed by atoms with Gasteiger partial charge in [0, 0.05) is 17.4 Å². The van der Waals surface area contributed by atoms with Crippen LogP contribution in [0.1, 0.15) is 13.8 Å². The molecule has 0 spiro atoms. The number of hydrogen-bond donors (Lipinski definition) is 1. The number of phenols is 1. The molecule has 1 N–H and O–H groups in total. The number of rotatable bonds is 5. The Balaban J connectivity index is 2.34. The molecule has 0 amide bonds. The Bertz CT molecular complexity index is 610. The zero-order valence-corrected chi connectivity index (χ0v) is 11.9. The van der Waals surface area contributed by atoms with Crippen LogP contribution in [0.15, 0.2) is 29.4 Å². The SMILES string of the molecule is CCn1c(S[C@@H](C)C(=O)[O-])nnc1-c1ccc(O)cc1. The number of phenolic OH excluding ortho intramolecular Hbond substituents is 1. The van der Waals surface area contributed by atoms with Gasteiger partial charge < -0.3 is 19.6 Å². The fourth-order valence-corrected chi connectivity index (χ4v) is 2.53. The molecule has 7 heteroatoms. The summed E-state index contributed by atoms with van der Waals surface area (Å²) >= 11 is 1.10. The fraction of sp³-hybridized carbons (Fsp3) is 0.308. The molecule has 1 aromatic carbocycles. The number of carboxylic acid groups (broad SMARTS) is 1. The van der Waals surface area contributed by atoms with E-state index in [2.05, 4.69) is 10.2 Å². The van der Waals surface area contributed by atoms with Gasteiger partial charge in [0.2, 0.25) is 0 Å². The number of aromatic hydroxyl groups is 1. The largest absolute Gasteiger partial charge is 0.549 e. The van der Waals surface area contributed by atoms with Crippen LogP contribution in [-0.2, 0) is 11.3 Å². The molecular formula is C13H14N3O3S-. The molecule has 0 aliphatic rings. The summed E-state index contributed by atoms with van der Waals surface area (Å²) < 4.78 is 1.83. The highest BCUT2D eigenvalue weighted by Crippen LogP contribution is 2.27. The molecule has 0 bridgehead atoms. The van der Waals surface area contributed by atoms with Crippen molar-refractivity contribution in [3.63, 3.8) is 0 Å². The first kappa shape index (κ1) is 14.4. The molecule has 1 atom stereocenters. The molecule has 2 aromatic rings. The van der Waals surface area contributed by atoms with Gasteiger partial charge in [0.25, 0.3) is 0 Å². The second kappa shape index (κ2) is 5.96. The van der Waals surface area contributed by atoms with Crippen molar-refractivity contribution in [3.05, 3.63) is 24.3 Å². The lowest BCUT2D eigenvalue weighted by Gasteiger charge is -2.12. The third-order valence-electron chi connectivity index (χ3n) is 2.77. The smallest absolute Gasteiger partial charge is 0.192 e. The summed E-state index contributed by atoms with van der Waals surface area (Å²) in [5, 5.41) is 28.1. The highest BCUT2D eigenvalue weighted by molar-refractivity contribution is 8.00. The van der Waals surface area contributed by atoms with Gasteiger partial charge in [-0.1, -0.05) is 11.8 Å². The Hall–Kier alpha value is -2.02. The predicted molar refractivity (Wildman–Crippen MR) is 73.1 cm³/mol. The van der Waals surface area contributed by atoms with Crippen molar-refractivity contribution in [2.45, 2.75) is 30.8 Å². The molecule has 0 radical (unpaired) electrons. The third-order valence-corrected chi connectivity index (χ3v) is 3.83. The predicted octanol–water partition coefficient (Wildman–Crippen LogP) is 0.901. The number of benzene rings is 1. The standard InChI is InChI=1S/C13H15N3O3S/c1-3-16-11(9-4-6-10(17)7-5-9)14-15-13(16)20-8(2)12(18)19/h4-8,17H,3H2,1-2H3,(H,18,19)/p-1/t8-/m0/s1. The van der Waals surface area contributed by atoms with Crippen molar-refractivity contribution in [2.75, 3.05) is 0 Å². The van der Waals surface area contributed by atoms with Gasteiger partial charge in [-0.25, -0.2) is 0 Å². The molecule has 1 aromatic heterocycles. The summed E-state index contributed by atoms with van der Waals surface area (Å²) in [4.78, 5) is 10.8. The van der Waals surface area contributed by atoms with E-state index >= 15 is 0 Å². The monoisotopic (exact) mass is 292 g/mol. The van der Waals surface area contributed by atoms with E-state index in [1.807, 2.05) is 11.5 Å². The van der Waals surface area contributed by atoms with Crippen molar-refractivity contribution >= 4 is 17.7 Å². The molecule has 0 fully saturated rings. The van der Waals surface area contributed by atoms with Gasteiger partial charge in [0.15, 0.2) is 11.0 Å². The summed E-state index contributed by atoms with van der Waals surface area (Å²) in [5.74, 6) is -0.316. The van der Waals surface area contributed by atoms with Crippen molar-refractivity contribution < 1.29 is 15.0 Å². The maximum atomic E-state index is 10.8. The topological polar surface area (TPSA) is 91.1 Å². The van der Waals surface area contributed by atoms with Gasteiger partial charge in [-0.05, 0) is 38.1 Å². The Morgan fingerprint density at radius 2 is 2.05 bits per heavy atom. The summed E-state index contributed by atoms with van der Waals surface area (Å²) in [6.07, 6.45) is 0. The van der Waals surface area contributed by atoms with Crippen LogP contribution in [0.25, 0.3) is 11.4 Å². The normalized spacial score (nSPS) is 12.3. The van der Waals surface area contributed by atoms with E-state index in [-0.39, 0.29) is 5.75 Å². The maximum absolute atomic E-state index is 10.8. The molecule has 0 aliphatic heterocycles. The lowest BCUT2D eigenvalue weighted by molar-refractivity contribution is -0.304. The van der Waals surface area contributed by atoms with E-state index in [9.17, 15) is 15.0 Å². The lowest BCUT2D eigenvalue weighted by atomic mass is 10.2. The first-order valence-electron chi connectivity index (χ1n) is 6.13. The molecule has 1 heterocycles. The Morgan fingerprint density at radius 1 is 1.40 bits per heavy atom. The maximum Gasteiger partial charge on any atom is 0.192 e. The fourth-order valence-electron chi connectivity index (χ4n) is 1.69. The van der Waals surface area contributed by atoms with Crippen LogP contribution in [0, 0.1) is 0 Å². The molecule has 20 heavy (non-hydrogen) atoms. The van der Waals surface area contributed by atoms with Gasteiger partial charge in [-0.3, -0.25) is 0 Å². The van der Waals surface area contributed by atoms with Gasteiger partial charge in [-0.15, -0.1) is 10.2 Å². The van der Waals surface area contributed by atoms with Gasteiger partial charge in [-0.2, -0.15) is 0 Å². The molecule has 2 rings (SSSR count). The Morgan fingerprint density at radius 3 is 2.60 bits per heavy atom. The molecule has 0 aliphatic carbocycles. The molecule has 106 valence electrons. The number of aliphatic carboxylic acids is 1. The third kappa shape index (κ3) is 2.93. The van der Waals surface area contributed by atoms with E-state index in [1.54, 1.807) is 31.2 Å². The number of hydrogen-bond acceptors (Lipinski definition) is 6. The molecule has 0 unspecified atom stereocenters. The van der Waals surface area contributed by atoms with Gasteiger partial charge in [0.05, 0.1) is 5.97 Å². The summed E-state index contributed by atoms with van der Waals surface area (Å²) in [6.45, 7) is 4.10. The van der Waals surface area contributed by atoms with E-state index < -0.39 is 11.2 Å². The quantitative estimate of drug-likeness (QED) is 0.823. The molecule has 0 saturated carbocycles. The number of aromatic nitrogens is 3. The lowest BCUT2D eigenvalue weighted by Crippen LogP contribution is -2.31. The summed E-state index contributed by atoms with van der Waals surface area (Å²) in [5.41, 5.74) is 0.810. The van der Waals surface area contributed by atoms with E-state index in [0.717, 1.165) is 17.3 Å². The number of carbonyl (C=O) groups is 1. The van der Waals surface area contributed by atoms with Gasteiger partial charge >= 0.3 is 0 Å². The van der Waals surface area contributed by atoms with Crippen molar-refractivity contribution in [2.24, 2.45) is 0 Å². The van der Waals surface area contributed by atoms with Crippen molar-refractivity contribution in [1.29, 1.82) is 0 Å². The van der Waals surface area contributed by atoms with Gasteiger partial charge in [0.1, 0.15) is 5.75 Å². The minimum Gasteiger partial charge on any atom is -0.549 e. The first-order chi connectivity index (χ1) is 9.52. The highest BCUT2D eigenvalue weighted by atomic mass is 32.2. The van der Waals surface area contributed by atoms with Crippen LogP contribution in [0.2, 0.25) is 0 Å². The number of carboxylic acids is 1. The van der Waals surface area contributed by atoms with Crippen molar-refractivity contribution in [1.82, 2.24) is 14.8 Å². The summed E-state index contributed by atoms with van der Waals surface area (Å²) in [6, 6.07) is 6.62. The van der Waals surface area contributed by atoms with Crippen LogP contribution in [0.4, 0.5) is 0 Å².